The van der Waals surface area contributed by atoms with Crippen molar-refractivity contribution >= 4 is 5.82 Å². The summed E-state index contributed by atoms with van der Waals surface area (Å²) in [6.45, 7) is 5.62. The topological polar surface area (TPSA) is 44.7 Å². The molecule has 0 amide bonds. The number of hydrogen-bond donors (Lipinski definition) is 0. The van der Waals surface area contributed by atoms with E-state index < -0.39 is 0 Å². The summed E-state index contributed by atoms with van der Waals surface area (Å²) in [5.41, 5.74) is 0. The van der Waals surface area contributed by atoms with Gasteiger partial charge in [0.2, 0.25) is 0 Å². The molecule has 2 rings (SSSR count). The summed E-state index contributed by atoms with van der Waals surface area (Å²) in [4.78, 5) is 15.3. The first-order valence-corrected chi connectivity index (χ1v) is 6.69. The number of likely N-dealkylation sites (N-methyl/N-ethyl adjacent to an activating group) is 2. The van der Waals surface area contributed by atoms with Crippen molar-refractivity contribution in [1.29, 1.82) is 0 Å². The second-order valence-corrected chi connectivity index (χ2v) is 5.14. The number of nitrogens with zero attached hydrogens (tertiary/aromatic N) is 5. The molecule has 1 aliphatic heterocycles. The van der Waals surface area contributed by atoms with E-state index in [1.807, 2.05) is 20.2 Å². The standard InChI is InChI=1S/C13H23N5O/c1-16(2)10-11-19-13-14-5-4-12(15-13)18-8-6-17(3)7-9-18/h4-5H,6-11H2,1-3H3. The predicted molar refractivity (Wildman–Crippen MR) is 75.8 cm³/mol. The molecule has 0 radical (unpaired) electrons. The number of anilines is 1. The minimum Gasteiger partial charge on any atom is -0.462 e. The van der Waals surface area contributed by atoms with Gasteiger partial charge in [-0.25, -0.2) is 4.98 Å². The zero-order valence-electron chi connectivity index (χ0n) is 12.0. The molecule has 1 saturated heterocycles. The van der Waals surface area contributed by atoms with Crippen molar-refractivity contribution in [2.24, 2.45) is 0 Å². The number of aromatic nitrogens is 2. The molecule has 0 aliphatic carbocycles. The lowest BCUT2D eigenvalue weighted by molar-refractivity contribution is 0.245. The Balaban J connectivity index is 1.91. The molecule has 0 spiro atoms. The van der Waals surface area contributed by atoms with Crippen LogP contribution in [0.4, 0.5) is 5.82 Å². The number of hydrogen-bond acceptors (Lipinski definition) is 6. The van der Waals surface area contributed by atoms with Crippen molar-refractivity contribution in [2.75, 3.05) is 65.4 Å². The number of ether oxygens (including phenoxy) is 1. The van der Waals surface area contributed by atoms with E-state index in [1.54, 1.807) is 6.20 Å². The Bertz CT molecular complexity index is 390. The Morgan fingerprint density at radius 2 is 2.00 bits per heavy atom. The smallest absolute Gasteiger partial charge is 0.318 e. The van der Waals surface area contributed by atoms with Crippen LogP contribution in [0.2, 0.25) is 0 Å². The van der Waals surface area contributed by atoms with Crippen molar-refractivity contribution in [1.82, 2.24) is 19.8 Å². The molecule has 1 aliphatic rings. The molecular weight excluding hydrogens is 242 g/mol. The maximum atomic E-state index is 5.57. The number of rotatable bonds is 5. The molecule has 0 N–H and O–H groups in total. The predicted octanol–water partition coefficient (Wildman–Crippen LogP) is 0.169. The molecule has 1 fully saturated rings. The van der Waals surface area contributed by atoms with Crippen LogP contribution in [0.5, 0.6) is 6.01 Å². The van der Waals surface area contributed by atoms with E-state index in [1.165, 1.54) is 0 Å². The van der Waals surface area contributed by atoms with Crippen molar-refractivity contribution in [3.05, 3.63) is 12.3 Å². The first kappa shape index (κ1) is 14.0. The van der Waals surface area contributed by atoms with Gasteiger partial charge in [-0.1, -0.05) is 0 Å². The van der Waals surface area contributed by atoms with Crippen LogP contribution in [0.1, 0.15) is 0 Å². The van der Waals surface area contributed by atoms with Gasteiger partial charge in [0, 0.05) is 38.9 Å². The molecule has 6 nitrogen and oxygen atoms in total. The van der Waals surface area contributed by atoms with Crippen LogP contribution in [-0.4, -0.2) is 80.2 Å². The van der Waals surface area contributed by atoms with Crippen LogP contribution in [-0.2, 0) is 0 Å². The van der Waals surface area contributed by atoms with Gasteiger partial charge < -0.3 is 19.4 Å². The van der Waals surface area contributed by atoms with Gasteiger partial charge in [0.1, 0.15) is 12.4 Å². The highest BCUT2D eigenvalue weighted by Gasteiger charge is 2.15. The summed E-state index contributed by atoms with van der Waals surface area (Å²) in [7, 11) is 6.18. The summed E-state index contributed by atoms with van der Waals surface area (Å²) >= 11 is 0. The third kappa shape index (κ3) is 4.33. The van der Waals surface area contributed by atoms with Gasteiger partial charge in [0.05, 0.1) is 0 Å². The largest absolute Gasteiger partial charge is 0.462 e. The zero-order chi connectivity index (χ0) is 13.7. The van der Waals surface area contributed by atoms with E-state index in [9.17, 15) is 0 Å². The van der Waals surface area contributed by atoms with E-state index in [4.69, 9.17) is 4.74 Å². The maximum absolute atomic E-state index is 5.57. The monoisotopic (exact) mass is 265 g/mol. The van der Waals surface area contributed by atoms with Crippen LogP contribution in [0.3, 0.4) is 0 Å². The Morgan fingerprint density at radius 1 is 1.26 bits per heavy atom. The summed E-state index contributed by atoms with van der Waals surface area (Å²) < 4.78 is 5.57. The zero-order valence-corrected chi connectivity index (χ0v) is 12.0. The second-order valence-electron chi connectivity index (χ2n) is 5.14. The van der Waals surface area contributed by atoms with Gasteiger partial charge in [0.15, 0.2) is 0 Å². The second kappa shape index (κ2) is 6.68. The van der Waals surface area contributed by atoms with E-state index in [0.717, 1.165) is 38.5 Å². The maximum Gasteiger partial charge on any atom is 0.318 e. The summed E-state index contributed by atoms with van der Waals surface area (Å²) in [6, 6.07) is 2.42. The third-order valence-electron chi connectivity index (χ3n) is 3.22. The van der Waals surface area contributed by atoms with Gasteiger partial charge in [-0.2, -0.15) is 4.98 Å². The normalized spacial score (nSPS) is 16.9. The molecule has 2 heterocycles. The third-order valence-corrected chi connectivity index (χ3v) is 3.22. The summed E-state index contributed by atoms with van der Waals surface area (Å²) in [5, 5.41) is 0. The molecule has 0 bridgehead atoms. The van der Waals surface area contributed by atoms with Crippen LogP contribution in [0.25, 0.3) is 0 Å². The quantitative estimate of drug-likeness (QED) is 0.756. The van der Waals surface area contributed by atoms with Gasteiger partial charge in [-0.15, -0.1) is 0 Å². The first-order chi connectivity index (χ1) is 9.15. The highest BCUT2D eigenvalue weighted by atomic mass is 16.5. The summed E-state index contributed by atoms with van der Waals surface area (Å²) in [6.07, 6.45) is 1.77. The molecule has 1 aromatic rings. The minimum atomic E-state index is 0.471. The molecule has 0 unspecified atom stereocenters. The van der Waals surface area contributed by atoms with E-state index in [-0.39, 0.29) is 0 Å². The highest BCUT2D eigenvalue weighted by Crippen LogP contribution is 2.15. The fraction of sp³-hybridized carbons (Fsp3) is 0.692. The minimum absolute atomic E-state index is 0.471. The average Bonchev–Trinajstić information content (AvgIpc) is 2.39. The Morgan fingerprint density at radius 3 is 2.68 bits per heavy atom. The number of piperazine rings is 1. The van der Waals surface area contributed by atoms with Crippen molar-refractivity contribution < 1.29 is 4.74 Å². The first-order valence-electron chi connectivity index (χ1n) is 6.69. The Labute approximate surface area is 115 Å². The molecule has 0 saturated carbocycles. The Hall–Kier alpha value is -1.40. The SMILES string of the molecule is CN(C)CCOc1nccc(N2CCN(C)CC2)n1. The van der Waals surface area contributed by atoms with Crippen molar-refractivity contribution in [3.8, 4) is 6.01 Å². The van der Waals surface area contributed by atoms with E-state index in [0.29, 0.717) is 12.6 Å². The highest BCUT2D eigenvalue weighted by molar-refractivity contribution is 5.38. The summed E-state index contributed by atoms with van der Waals surface area (Å²) in [5.74, 6) is 0.961. The Kier molecular flexibility index (Phi) is 4.93. The van der Waals surface area contributed by atoms with Gasteiger partial charge in [-0.05, 0) is 27.2 Å². The van der Waals surface area contributed by atoms with Crippen molar-refractivity contribution in [3.63, 3.8) is 0 Å². The lowest BCUT2D eigenvalue weighted by Crippen LogP contribution is -2.44. The molecule has 0 atom stereocenters. The lowest BCUT2D eigenvalue weighted by atomic mass is 10.3. The molecule has 6 heteroatoms. The van der Waals surface area contributed by atoms with Gasteiger partial charge >= 0.3 is 6.01 Å². The van der Waals surface area contributed by atoms with E-state index in [2.05, 4.69) is 31.7 Å². The lowest BCUT2D eigenvalue weighted by Gasteiger charge is -2.33. The van der Waals surface area contributed by atoms with Crippen molar-refractivity contribution in [2.45, 2.75) is 0 Å². The molecule has 19 heavy (non-hydrogen) atoms. The van der Waals surface area contributed by atoms with Crippen LogP contribution in [0.15, 0.2) is 12.3 Å². The fourth-order valence-corrected chi connectivity index (χ4v) is 1.93. The fourth-order valence-electron chi connectivity index (χ4n) is 1.93. The van der Waals surface area contributed by atoms with Crippen LogP contribution >= 0.6 is 0 Å². The molecule has 0 aromatic carbocycles. The molecular formula is C13H23N5O. The van der Waals surface area contributed by atoms with Crippen LogP contribution < -0.4 is 9.64 Å². The van der Waals surface area contributed by atoms with E-state index >= 15 is 0 Å². The van der Waals surface area contributed by atoms with Gasteiger partial charge in [0.25, 0.3) is 0 Å². The average molecular weight is 265 g/mol. The van der Waals surface area contributed by atoms with Crippen LogP contribution in [0, 0.1) is 0 Å². The van der Waals surface area contributed by atoms with Gasteiger partial charge in [-0.3, -0.25) is 0 Å². The molecule has 106 valence electrons. The molecule has 1 aromatic heterocycles.